The molecule has 0 aliphatic carbocycles. The Hall–Kier alpha value is -2.36. The predicted octanol–water partition coefficient (Wildman–Crippen LogP) is 2.90. The zero-order valence-electron chi connectivity index (χ0n) is 11.3. The van der Waals surface area contributed by atoms with Crippen molar-refractivity contribution in [2.24, 2.45) is 0 Å². The van der Waals surface area contributed by atoms with E-state index in [9.17, 15) is 9.18 Å². The molecule has 0 fully saturated rings. The summed E-state index contributed by atoms with van der Waals surface area (Å²) in [7, 11) is 1.77. The molecule has 2 aromatic carbocycles. The van der Waals surface area contributed by atoms with E-state index in [-0.39, 0.29) is 18.3 Å². The third-order valence-electron chi connectivity index (χ3n) is 2.98. The number of hydrogen-bond acceptors (Lipinski definition) is 2. The summed E-state index contributed by atoms with van der Waals surface area (Å²) in [4.78, 5) is 13.6. The van der Waals surface area contributed by atoms with Gasteiger partial charge in [-0.1, -0.05) is 30.3 Å². The fourth-order valence-corrected chi connectivity index (χ4v) is 1.83. The molecule has 0 radical (unpaired) electrons. The van der Waals surface area contributed by atoms with Crippen molar-refractivity contribution in [2.75, 3.05) is 18.9 Å². The number of carbonyl (C=O) groups excluding carboxylic acids is 1. The number of halogens is 1. The third kappa shape index (κ3) is 4.09. The Morgan fingerprint density at radius 3 is 2.40 bits per heavy atom. The molecule has 4 heteroatoms. The molecule has 104 valence electrons. The molecule has 0 heterocycles. The molecule has 0 aromatic heterocycles. The van der Waals surface area contributed by atoms with Crippen LogP contribution >= 0.6 is 0 Å². The van der Waals surface area contributed by atoms with Crippen molar-refractivity contribution in [3.63, 3.8) is 0 Å². The lowest BCUT2D eigenvalue weighted by molar-refractivity contribution is -0.128. The van der Waals surface area contributed by atoms with Crippen LogP contribution in [0.4, 0.5) is 10.1 Å². The molecular weight excluding hydrogens is 255 g/mol. The van der Waals surface area contributed by atoms with E-state index in [1.54, 1.807) is 24.1 Å². The maximum atomic E-state index is 12.8. The van der Waals surface area contributed by atoms with Gasteiger partial charge in [0.2, 0.25) is 5.91 Å². The first-order valence-corrected chi connectivity index (χ1v) is 6.42. The lowest BCUT2D eigenvalue weighted by atomic mass is 10.2. The maximum absolute atomic E-state index is 12.8. The molecule has 0 saturated heterocycles. The lowest BCUT2D eigenvalue weighted by Crippen LogP contribution is -2.31. The Morgan fingerprint density at radius 1 is 1.10 bits per heavy atom. The smallest absolute Gasteiger partial charge is 0.241 e. The molecule has 3 nitrogen and oxygen atoms in total. The van der Waals surface area contributed by atoms with Crippen LogP contribution in [-0.2, 0) is 11.3 Å². The summed E-state index contributed by atoms with van der Waals surface area (Å²) in [5.41, 5.74) is 1.82. The van der Waals surface area contributed by atoms with E-state index in [0.717, 1.165) is 11.3 Å². The molecule has 0 aliphatic heterocycles. The van der Waals surface area contributed by atoms with Gasteiger partial charge in [0.1, 0.15) is 5.82 Å². The van der Waals surface area contributed by atoms with Crippen molar-refractivity contribution in [3.8, 4) is 0 Å². The number of likely N-dealkylation sites (N-methyl/N-ethyl adjacent to an activating group) is 1. The van der Waals surface area contributed by atoms with Gasteiger partial charge in [0.25, 0.3) is 0 Å². The number of nitrogens with one attached hydrogen (secondary N) is 1. The average molecular weight is 272 g/mol. The van der Waals surface area contributed by atoms with Gasteiger partial charge in [0, 0.05) is 19.3 Å². The van der Waals surface area contributed by atoms with Crippen molar-refractivity contribution < 1.29 is 9.18 Å². The number of rotatable bonds is 5. The molecule has 0 saturated carbocycles. The zero-order valence-corrected chi connectivity index (χ0v) is 11.3. The van der Waals surface area contributed by atoms with Gasteiger partial charge in [-0.15, -0.1) is 0 Å². The first kappa shape index (κ1) is 14.1. The minimum Gasteiger partial charge on any atom is -0.376 e. The highest BCUT2D eigenvalue weighted by Crippen LogP contribution is 2.08. The molecule has 0 unspecified atom stereocenters. The number of hydrogen-bond donors (Lipinski definition) is 1. The number of carbonyl (C=O) groups is 1. The first-order valence-electron chi connectivity index (χ1n) is 6.42. The van der Waals surface area contributed by atoms with E-state index in [4.69, 9.17) is 0 Å². The molecule has 0 aliphatic rings. The van der Waals surface area contributed by atoms with Crippen molar-refractivity contribution in [1.82, 2.24) is 4.90 Å². The van der Waals surface area contributed by atoms with E-state index in [1.165, 1.54) is 12.1 Å². The molecule has 20 heavy (non-hydrogen) atoms. The van der Waals surface area contributed by atoms with E-state index in [0.29, 0.717) is 6.54 Å². The predicted molar refractivity (Wildman–Crippen MR) is 77.8 cm³/mol. The van der Waals surface area contributed by atoms with Gasteiger partial charge in [-0.05, 0) is 29.8 Å². The summed E-state index contributed by atoms with van der Waals surface area (Å²) in [6.45, 7) is 0.764. The molecule has 2 rings (SSSR count). The second-order valence-electron chi connectivity index (χ2n) is 4.60. The lowest BCUT2D eigenvalue weighted by Gasteiger charge is -2.18. The Kier molecular flexibility index (Phi) is 4.71. The largest absolute Gasteiger partial charge is 0.376 e. The highest BCUT2D eigenvalue weighted by molar-refractivity contribution is 5.80. The van der Waals surface area contributed by atoms with Crippen molar-refractivity contribution in [2.45, 2.75) is 6.54 Å². The van der Waals surface area contributed by atoms with Gasteiger partial charge >= 0.3 is 0 Å². The minimum atomic E-state index is -0.289. The van der Waals surface area contributed by atoms with Crippen LogP contribution in [-0.4, -0.2) is 24.4 Å². The van der Waals surface area contributed by atoms with Gasteiger partial charge in [-0.2, -0.15) is 0 Å². The Balaban J connectivity index is 1.83. The van der Waals surface area contributed by atoms with Crippen LogP contribution in [0.1, 0.15) is 5.56 Å². The summed E-state index contributed by atoms with van der Waals surface area (Å²) < 4.78 is 12.8. The number of anilines is 1. The Morgan fingerprint density at radius 2 is 1.75 bits per heavy atom. The highest BCUT2D eigenvalue weighted by Gasteiger charge is 2.08. The number of benzene rings is 2. The average Bonchev–Trinajstić information content (AvgIpc) is 2.47. The standard InChI is InChI=1S/C16H17FN2O/c1-19(12-13-5-3-2-4-6-13)16(20)11-18-15-9-7-14(17)8-10-15/h2-10,18H,11-12H2,1H3. The van der Waals surface area contributed by atoms with E-state index < -0.39 is 0 Å². The van der Waals surface area contributed by atoms with Crippen molar-refractivity contribution in [3.05, 3.63) is 66.0 Å². The Bertz CT molecular complexity index is 554. The van der Waals surface area contributed by atoms with Crippen LogP contribution in [0.5, 0.6) is 0 Å². The summed E-state index contributed by atoms with van der Waals surface area (Å²) >= 11 is 0. The topological polar surface area (TPSA) is 32.3 Å². The van der Waals surface area contributed by atoms with Gasteiger partial charge in [0.15, 0.2) is 0 Å². The van der Waals surface area contributed by atoms with E-state index in [1.807, 2.05) is 30.3 Å². The summed E-state index contributed by atoms with van der Waals surface area (Å²) in [5.74, 6) is -0.304. The SMILES string of the molecule is CN(Cc1ccccc1)C(=O)CNc1ccc(F)cc1. The van der Waals surface area contributed by atoms with Crippen molar-refractivity contribution in [1.29, 1.82) is 0 Å². The molecule has 0 spiro atoms. The fraction of sp³-hybridized carbons (Fsp3) is 0.188. The van der Waals surface area contributed by atoms with Gasteiger partial charge in [0.05, 0.1) is 6.54 Å². The van der Waals surface area contributed by atoms with Gasteiger partial charge in [-0.25, -0.2) is 4.39 Å². The van der Waals surface area contributed by atoms with Gasteiger partial charge in [-0.3, -0.25) is 4.79 Å². The molecule has 1 amide bonds. The van der Waals surface area contributed by atoms with Crippen LogP contribution in [0.2, 0.25) is 0 Å². The van der Waals surface area contributed by atoms with E-state index >= 15 is 0 Å². The monoisotopic (exact) mass is 272 g/mol. The molecule has 0 bridgehead atoms. The van der Waals surface area contributed by atoms with Crippen LogP contribution < -0.4 is 5.32 Å². The van der Waals surface area contributed by atoms with E-state index in [2.05, 4.69) is 5.32 Å². The molecule has 0 atom stereocenters. The third-order valence-corrected chi connectivity index (χ3v) is 2.98. The highest BCUT2D eigenvalue weighted by atomic mass is 19.1. The quantitative estimate of drug-likeness (QED) is 0.907. The van der Waals surface area contributed by atoms with Crippen molar-refractivity contribution >= 4 is 11.6 Å². The number of nitrogens with zero attached hydrogens (tertiary/aromatic N) is 1. The summed E-state index contributed by atoms with van der Waals surface area (Å²) in [5, 5.41) is 2.98. The first-order chi connectivity index (χ1) is 9.65. The van der Waals surface area contributed by atoms with Gasteiger partial charge < -0.3 is 10.2 Å². The summed E-state index contributed by atoms with van der Waals surface area (Å²) in [6.07, 6.45) is 0. The van der Waals surface area contributed by atoms with Crippen LogP contribution in [0, 0.1) is 5.82 Å². The van der Waals surface area contributed by atoms with Crippen LogP contribution in [0.15, 0.2) is 54.6 Å². The fourth-order valence-electron chi connectivity index (χ4n) is 1.83. The second-order valence-corrected chi connectivity index (χ2v) is 4.60. The van der Waals surface area contributed by atoms with Crippen LogP contribution in [0.25, 0.3) is 0 Å². The zero-order chi connectivity index (χ0) is 14.4. The number of amides is 1. The summed E-state index contributed by atoms with van der Waals surface area (Å²) in [6, 6.07) is 15.8. The molecule has 1 N–H and O–H groups in total. The Labute approximate surface area is 118 Å². The van der Waals surface area contributed by atoms with Crippen LogP contribution in [0.3, 0.4) is 0 Å². The maximum Gasteiger partial charge on any atom is 0.241 e. The second kappa shape index (κ2) is 6.70. The molecule has 2 aromatic rings. The minimum absolute atomic E-state index is 0.0156. The normalized spacial score (nSPS) is 10.1. The molecular formula is C16H17FN2O.